The number of carbonyl (C=O) groups is 1. The van der Waals surface area contributed by atoms with Gasteiger partial charge in [0.15, 0.2) is 0 Å². The molecule has 1 heterocycles. The van der Waals surface area contributed by atoms with Crippen molar-refractivity contribution in [2.24, 2.45) is 5.41 Å². The van der Waals surface area contributed by atoms with Crippen LogP contribution in [0.1, 0.15) is 39.2 Å². The van der Waals surface area contributed by atoms with Crippen molar-refractivity contribution in [1.82, 2.24) is 4.90 Å². The smallest absolute Gasteiger partial charge is 0.223 e. The van der Waals surface area contributed by atoms with Crippen LogP contribution in [-0.2, 0) is 11.3 Å². The molecule has 1 aliphatic rings. The zero-order chi connectivity index (χ0) is 14.0. The summed E-state index contributed by atoms with van der Waals surface area (Å²) in [6, 6.07) is 8.29. The van der Waals surface area contributed by atoms with Crippen LogP contribution in [0.5, 0.6) is 5.75 Å². The van der Waals surface area contributed by atoms with Crippen LogP contribution < -0.4 is 4.74 Å². The Labute approximate surface area is 115 Å². The third-order valence-corrected chi connectivity index (χ3v) is 3.84. The molecule has 1 aromatic carbocycles. The van der Waals surface area contributed by atoms with Crippen molar-refractivity contribution in [3.05, 3.63) is 29.8 Å². The summed E-state index contributed by atoms with van der Waals surface area (Å²) in [7, 11) is 1.66. The normalized spacial score (nSPS) is 19.9. The maximum atomic E-state index is 12.1. The van der Waals surface area contributed by atoms with E-state index in [2.05, 4.69) is 20.8 Å². The molecule has 1 unspecified atom stereocenters. The van der Waals surface area contributed by atoms with E-state index in [4.69, 9.17) is 4.74 Å². The molecular weight excluding hydrogens is 238 g/mol. The highest BCUT2D eigenvalue weighted by Crippen LogP contribution is 2.34. The highest BCUT2D eigenvalue weighted by Gasteiger charge is 2.38. The Bertz CT molecular complexity index is 445. The fraction of sp³-hybridized carbons (Fsp3) is 0.562. The van der Waals surface area contributed by atoms with Gasteiger partial charge in [0.05, 0.1) is 7.11 Å². The molecule has 1 aliphatic heterocycles. The average Bonchev–Trinajstić information content (AvgIpc) is 2.72. The van der Waals surface area contributed by atoms with E-state index in [1.807, 2.05) is 29.2 Å². The number of rotatable bonds is 3. The molecule has 1 atom stereocenters. The maximum Gasteiger partial charge on any atom is 0.223 e. The van der Waals surface area contributed by atoms with Gasteiger partial charge in [0.2, 0.25) is 5.91 Å². The molecule has 1 amide bonds. The Balaban J connectivity index is 2.13. The van der Waals surface area contributed by atoms with Crippen LogP contribution in [0.25, 0.3) is 0 Å². The van der Waals surface area contributed by atoms with Crippen LogP contribution in [0.4, 0.5) is 0 Å². The van der Waals surface area contributed by atoms with E-state index in [0.717, 1.165) is 17.7 Å². The summed E-state index contributed by atoms with van der Waals surface area (Å²) in [6.45, 7) is 7.32. The number of carbonyl (C=O) groups excluding carboxylic acids is 1. The van der Waals surface area contributed by atoms with Gasteiger partial charge in [-0.1, -0.05) is 32.9 Å². The Morgan fingerprint density at radius 3 is 2.42 bits per heavy atom. The Hall–Kier alpha value is -1.51. The first kappa shape index (κ1) is 13.9. The summed E-state index contributed by atoms with van der Waals surface area (Å²) in [5.74, 6) is 1.12. The second kappa shape index (κ2) is 5.24. The molecule has 19 heavy (non-hydrogen) atoms. The highest BCUT2D eigenvalue weighted by atomic mass is 16.5. The molecular formula is C16H23NO2. The van der Waals surface area contributed by atoms with Gasteiger partial charge in [0.25, 0.3) is 0 Å². The van der Waals surface area contributed by atoms with Gasteiger partial charge in [-0.05, 0) is 29.5 Å². The summed E-state index contributed by atoms with van der Waals surface area (Å²) >= 11 is 0. The topological polar surface area (TPSA) is 29.5 Å². The Kier molecular flexibility index (Phi) is 3.83. The van der Waals surface area contributed by atoms with Crippen LogP contribution >= 0.6 is 0 Å². The van der Waals surface area contributed by atoms with Crippen LogP contribution in [-0.4, -0.2) is 24.0 Å². The van der Waals surface area contributed by atoms with Crippen molar-refractivity contribution in [2.75, 3.05) is 7.11 Å². The second-order valence-electron chi connectivity index (χ2n) is 6.29. The molecule has 104 valence electrons. The van der Waals surface area contributed by atoms with E-state index in [9.17, 15) is 4.79 Å². The summed E-state index contributed by atoms with van der Waals surface area (Å²) in [6.07, 6.45) is 1.65. The number of benzene rings is 1. The molecule has 0 radical (unpaired) electrons. The van der Waals surface area contributed by atoms with E-state index in [0.29, 0.717) is 19.0 Å². The van der Waals surface area contributed by atoms with Gasteiger partial charge < -0.3 is 9.64 Å². The van der Waals surface area contributed by atoms with E-state index in [-0.39, 0.29) is 11.3 Å². The minimum atomic E-state index is 0.138. The number of amides is 1. The van der Waals surface area contributed by atoms with Crippen molar-refractivity contribution in [3.63, 3.8) is 0 Å². The van der Waals surface area contributed by atoms with Gasteiger partial charge in [-0.3, -0.25) is 4.79 Å². The lowest BCUT2D eigenvalue weighted by Crippen LogP contribution is -2.40. The number of hydrogen-bond donors (Lipinski definition) is 0. The standard InChI is InChI=1S/C16H23NO2/c1-16(2,3)14-9-10-15(18)17(14)11-12-5-7-13(19-4)8-6-12/h5-8,14H,9-11H2,1-4H3. The minimum absolute atomic E-state index is 0.138. The third-order valence-electron chi connectivity index (χ3n) is 3.84. The maximum absolute atomic E-state index is 12.1. The van der Waals surface area contributed by atoms with Crippen molar-refractivity contribution >= 4 is 5.91 Å². The molecule has 3 nitrogen and oxygen atoms in total. The molecule has 0 N–H and O–H groups in total. The fourth-order valence-corrected chi connectivity index (χ4v) is 2.76. The number of nitrogens with zero attached hydrogens (tertiary/aromatic N) is 1. The predicted molar refractivity (Wildman–Crippen MR) is 76.0 cm³/mol. The molecule has 0 bridgehead atoms. The van der Waals surface area contributed by atoms with E-state index in [1.54, 1.807) is 7.11 Å². The molecule has 3 heteroatoms. The summed E-state index contributed by atoms with van der Waals surface area (Å²) in [5, 5.41) is 0. The first-order valence-electron chi connectivity index (χ1n) is 6.84. The molecule has 1 saturated heterocycles. The summed E-state index contributed by atoms with van der Waals surface area (Å²) in [5.41, 5.74) is 1.30. The zero-order valence-corrected chi connectivity index (χ0v) is 12.3. The van der Waals surface area contributed by atoms with Crippen molar-refractivity contribution in [3.8, 4) is 5.75 Å². The summed E-state index contributed by atoms with van der Waals surface area (Å²) in [4.78, 5) is 14.1. The van der Waals surface area contributed by atoms with Gasteiger partial charge in [-0.2, -0.15) is 0 Å². The Morgan fingerprint density at radius 1 is 1.26 bits per heavy atom. The van der Waals surface area contributed by atoms with Crippen molar-refractivity contribution < 1.29 is 9.53 Å². The van der Waals surface area contributed by atoms with Crippen molar-refractivity contribution in [2.45, 2.75) is 46.2 Å². The van der Waals surface area contributed by atoms with Gasteiger partial charge in [0, 0.05) is 19.0 Å². The SMILES string of the molecule is COc1ccc(CN2C(=O)CCC2C(C)(C)C)cc1. The van der Waals surface area contributed by atoms with Crippen LogP contribution in [0.2, 0.25) is 0 Å². The van der Waals surface area contributed by atoms with Crippen molar-refractivity contribution in [1.29, 1.82) is 0 Å². The fourth-order valence-electron chi connectivity index (χ4n) is 2.76. The molecule has 2 rings (SSSR count). The number of hydrogen-bond acceptors (Lipinski definition) is 2. The second-order valence-corrected chi connectivity index (χ2v) is 6.29. The van der Waals surface area contributed by atoms with Crippen LogP contribution in [0.3, 0.4) is 0 Å². The molecule has 0 aliphatic carbocycles. The molecule has 0 aromatic heterocycles. The number of ether oxygens (including phenoxy) is 1. The van der Waals surface area contributed by atoms with Crippen LogP contribution in [0.15, 0.2) is 24.3 Å². The number of methoxy groups -OCH3 is 1. The van der Waals surface area contributed by atoms with Gasteiger partial charge >= 0.3 is 0 Å². The van der Waals surface area contributed by atoms with E-state index >= 15 is 0 Å². The Morgan fingerprint density at radius 2 is 1.89 bits per heavy atom. The third kappa shape index (κ3) is 3.09. The monoisotopic (exact) mass is 261 g/mol. The highest BCUT2D eigenvalue weighted by molar-refractivity contribution is 5.78. The van der Waals surface area contributed by atoms with Gasteiger partial charge in [-0.25, -0.2) is 0 Å². The lowest BCUT2D eigenvalue weighted by molar-refractivity contribution is -0.130. The lowest BCUT2D eigenvalue weighted by atomic mass is 9.85. The van der Waals surface area contributed by atoms with E-state index in [1.165, 1.54) is 0 Å². The largest absolute Gasteiger partial charge is 0.497 e. The average molecular weight is 261 g/mol. The molecule has 0 spiro atoms. The summed E-state index contributed by atoms with van der Waals surface area (Å²) < 4.78 is 5.16. The lowest BCUT2D eigenvalue weighted by Gasteiger charge is -2.35. The molecule has 1 fully saturated rings. The first-order valence-corrected chi connectivity index (χ1v) is 6.84. The van der Waals surface area contributed by atoms with E-state index < -0.39 is 0 Å². The number of likely N-dealkylation sites (tertiary alicyclic amines) is 1. The van der Waals surface area contributed by atoms with Crippen LogP contribution in [0, 0.1) is 5.41 Å². The van der Waals surface area contributed by atoms with Gasteiger partial charge in [-0.15, -0.1) is 0 Å². The quantitative estimate of drug-likeness (QED) is 0.836. The zero-order valence-electron chi connectivity index (χ0n) is 12.3. The van der Waals surface area contributed by atoms with Gasteiger partial charge in [0.1, 0.15) is 5.75 Å². The minimum Gasteiger partial charge on any atom is -0.497 e. The molecule has 1 aromatic rings. The predicted octanol–water partition coefficient (Wildman–Crippen LogP) is 3.23. The first-order chi connectivity index (χ1) is 8.91. The molecule has 0 saturated carbocycles.